The number of benzene rings is 1. The van der Waals surface area contributed by atoms with Crippen molar-refractivity contribution in [1.29, 1.82) is 0 Å². The Labute approximate surface area is 168 Å². The molecule has 1 aromatic rings. The minimum Gasteiger partial charge on any atom is -0.444 e. The van der Waals surface area contributed by atoms with E-state index >= 15 is 0 Å². The van der Waals surface area contributed by atoms with Gasteiger partial charge < -0.3 is 19.9 Å². The Hall–Kier alpha value is -1.51. The summed E-state index contributed by atoms with van der Waals surface area (Å²) >= 11 is 0. The molecule has 0 aliphatic carbocycles. The van der Waals surface area contributed by atoms with Crippen molar-refractivity contribution in [3.63, 3.8) is 0 Å². The third-order valence-electron chi connectivity index (χ3n) is 3.11. The van der Waals surface area contributed by atoms with Gasteiger partial charge in [0.25, 0.3) is 0 Å². The summed E-state index contributed by atoms with van der Waals surface area (Å²) in [4.78, 5) is 20.0. The zero-order valence-electron chi connectivity index (χ0n) is 16.1. The first kappa shape index (κ1) is 23.5. The number of ether oxygens (including phenoxy) is 1. The molecule has 0 radical (unpaired) electrons. The molecule has 0 bridgehead atoms. The Bertz CT molecular complexity index is 542. The molecule has 0 aromatic heterocycles. The van der Waals surface area contributed by atoms with Crippen LogP contribution in [0.1, 0.15) is 26.3 Å². The van der Waals surface area contributed by atoms with Gasteiger partial charge in [0.1, 0.15) is 5.60 Å². The molecule has 0 aliphatic heterocycles. The van der Waals surface area contributed by atoms with Crippen molar-refractivity contribution in [2.24, 2.45) is 4.99 Å². The van der Waals surface area contributed by atoms with Gasteiger partial charge in [-0.25, -0.2) is 9.79 Å². The van der Waals surface area contributed by atoms with E-state index in [2.05, 4.69) is 10.3 Å². The van der Waals surface area contributed by atoms with Gasteiger partial charge in [-0.3, -0.25) is 0 Å². The highest BCUT2D eigenvalue weighted by atomic mass is 127. The first-order valence-corrected chi connectivity index (χ1v) is 8.13. The van der Waals surface area contributed by atoms with Crippen LogP contribution in [0.5, 0.6) is 0 Å². The van der Waals surface area contributed by atoms with Crippen LogP contribution in [0.25, 0.3) is 0 Å². The Morgan fingerprint density at radius 1 is 1.16 bits per heavy atom. The molecule has 1 rings (SSSR count). The number of guanidine groups is 1. The minimum atomic E-state index is -0.481. The summed E-state index contributed by atoms with van der Waals surface area (Å²) in [5, 5.41) is 3.26. The molecule has 142 valence electrons. The quantitative estimate of drug-likeness (QED) is 0.415. The SMILES string of the molecule is CN(C)C(=NCc1ccccc1)NCCN(C)C(=O)OC(C)(C)C.I. The lowest BCUT2D eigenvalue weighted by atomic mass is 10.2. The maximum Gasteiger partial charge on any atom is 0.410 e. The van der Waals surface area contributed by atoms with Crippen molar-refractivity contribution < 1.29 is 9.53 Å². The second kappa shape index (κ2) is 11.2. The molecule has 0 heterocycles. The summed E-state index contributed by atoms with van der Waals surface area (Å²) in [6, 6.07) is 10.1. The van der Waals surface area contributed by atoms with Crippen LogP contribution >= 0.6 is 24.0 Å². The number of halogens is 1. The summed E-state index contributed by atoms with van der Waals surface area (Å²) in [5.41, 5.74) is 0.676. The van der Waals surface area contributed by atoms with Crippen molar-refractivity contribution in [3.05, 3.63) is 35.9 Å². The number of hydrogen-bond acceptors (Lipinski definition) is 3. The average Bonchev–Trinajstić information content (AvgIpc) is 2.49. The van der Waals surface area contributed by atoms with Gasteiger partial charge in [0.2, 0.25) is 0 Å². The number of nitrogens with one attached hydrogen (secondary N) is 1. The van der Waals surface area contributed by atoms with Gasteiger partial charge in [0, 0.05) is 34.2 Å². The van der Waals surface area contributed by atoms with Gasteiger partial charge >= 0.3 is 6.09 Å². The van der Waals surface area contributed by atoms with Crippen LogP contribution in [0.2, 0.25) is 0 Å². The normalized spacial score (nSPS) is 11.4. The number of likely N-dealkylation sites (N-methyl/N-ethyl adjacent to an activating group) is 1. The lowest BCUT2D eigenvalue weighted by Gasteiger charge is -2.25. The predicted octanol–water partition coefficient (Wildman–Crippen LogP) is 3.18. The highest BCUT2D eigenvalue weighted by Gasteiger charge is 2.19. The number of amides is 1. The lowest BCUT2D eigenvalue weighted by molar-refractivity contribution is 0.0302. The molecule has 0 saturated heterocycles. The number of carbonyl (C=O) groups is 1. The molecule has 0 unspecified atom stereocenters. The summed E-state index contributed by atoms with van der Waals surface area (Å²) in [7, 11) is 5.61. The van der Waals surface area contributed by atoms with Crippen LogP contribution in [-0.4, -0.2) is 61.7 Å². The molecule has 0 spiro atoms. The third kappa shape index (κ3) is 10.2. The first-order chi connectivity index (χ1) is 11.2. The molecular formula is C18H31IN4O2. The number of nitrogens with zero attached hydrogens (tertiary/aromatic N) is 3. The van der Waals surface area contributed by atoms with Crippen molar-refractivity contribution >= 4 is 36.0 Å². The lowest BCUT2D eigenvalue weighted by Crippen LogP contribution is -2.42. The van der Waals surface area contributed by atoms with Crippen LogP contribution in [0, 0.1) is 0 Å². The Balaban J connectivity index is 0.00000576. The number of aliphatic imine (C=N–C) groups is 1. The van der Waals surface area contributed by atoms with E-state index in [9.17, 15) is 4.79 Å². The predicted molar refractivity (Wildman–Crippen MR) is 114 cm³/mol. The van der Waals surface area contributed by atoms with Gasteiger partial charge in [0.05, 0.1) is 6.54 Å². The summed E-state index contributed by atoms with van der Waals surface area (Å²) in [6.45, 7) is 7.32. The summed E-state index contributed by atoms with van der Waals surface area (Å²) < 4.78 is 5.33. The van der Waals surface area contributed by atoms with E-state index in [1.807, 2.05) is 70.1 Å². The standard InChI is InChI=1S/C18H30N4O2.HI/c1-18(2,3)24-17(23)22(6)13-12-19-16(21(4)5)20-14-15-10-8-7-9-11-15;/h7-11H,12-14H2,1-6H3,(H,19,20);1H. The summed E-state index contributed by atoms with van der Waals surface area (Å²) in [6.07, 6.45) is -0.322. The smallest absolute Gasteiger partial charge is 0.410 e. The van der Waals surface area contributed by atoms with Crippen molar-refractivity contribution in [3.8, 4) is 0 Å². The summed E-state index contributed by atoms with van der Waals surface area (Å²) in [5.74, 6) is 0.788. The molecule has 1 N–H and O–H groups in total. The fraction of sp³-hybridized carbons (Fsp3) is 0.556. The number of hydrogen-bond donors (Lipinski definition) is 1. The second-order valence-electron chi connectivity index (χ2n) is 6.85. The van der Waals surface area contributed by atoms with Crippen molar-refractivity contribution in [1.82, 2.24) is 15.1 Å². The van der Waals surface area contributed by atoms with E-state index in [1.54, 1.807) is 11.9 Å². The Kier molecular flexibility index (Phi) is 10.5. The number of rotatable bonds is 5. The van der Waals surface area contributed by atoms with Gasteiger partial charge in [-0.05, 0) is 26.3 Å². The molecule has 0 fully saturated rings. The van der Waals surface area contributed by atoms with Gasteiger partial charge in [-0.15, -0.1) is 24.0 Å². The van der Waals surface area contributed by atoms with E-state index in [0.29, 0.717) is 19.6 Å². The second-order valence-corrected chi connectivity index (χ2v) is 6.85. The van der Waals surface area contributed by atoms with Crippen LogP contribution in [0.15, 0.2) is 35.3 Å². The van der Waals surface area contributed by atoms with E-state index in [1.165, 1.54) is 0 Å². The van der Waals surface area contributed by atoms with E-state index in [4.69, 9.17) is 4.74 Å². The maximum atomic E-state index is 11.9. The van der Waals surface area contributed by atoms with Crippen molar-refractivity contribution in [2.45, 2.75) is 32.9 Å². The topological polar surface area (TPSA) is 57.2 Å². The van der Waals surface area contributed by atoms with Gasteiger partial charge in [-0.1, -0.05) is 30.3 Å². The van der Waals surface area contributed by atoms with Gasteiger partial charge in [-0.2, -0.15) is 0 Å². The fourth-order valence-corrected chi connectivity index (χ4v) is 1.87. The van der Waals surface area contributed by atoms with Crippen LogP contribution < -0.4 is 5.32 Å². The fourth-order valence-electron chi connectivity index (χ4n) is 1.87. The highest BCUT2D eigenvalue weighted by molar-refractivity contribution is 14.0. The van der Waals surface area contributed by atoms with Crippen LogP contribution in [0.3, 0.4) is 0 Å². The first-order valence-electron chi connectivity index (χ1n) is 8.13. The molecular weight excluding hydrogens is 431 g/mol. The Morgan fingerprint density at radius 2 is 1.76 bits per heavy atom. The molecule has 0 saturated carbocycles. The van der Waals surface area contributed by atoms with E-state index in [0.717, 1.165) is 11.5 Å². The van der Waals surface area contributed by atoms with E-state index < -0.39 is 5.60 Å². The molecule has 0 atom stereocenters. The molecule has 1 aromatic carbocycles. The zero-order chi connectivity index (χ0) is 18.2. The Morgan fingerprint density at radius 3 is 2.28 bits per heavy atom. The average molecular weight is 462 g/mol. The van der Waals surface area contributed by atoms with Crippen LogP contribution in [0.4, 0.5) is 4.79 Å². The van der Waals surface area contributed by atoms with E-state index in [-0.39, 0.29) is 30.1 Å². The number of carbonyl (C=O) groups excluding carboxylic acids is 1. The van der Waals surface area contributed by atoms with Crippen molar-refractivity contribution in [2.75, 3.05) is 34.2 Å². The maximum absolute atomic E-state index is 11.9. The largest absolute Gasteiger partial charge is 0.444 e. The minimum absolute atomic E-state index is 0. The van der Waals surface area contributed by atoms with Crippen LogP contribution in [-0.2, 0) is 11.3 Å². The molecule has 0 aliphatic rings. The molecule has 6 nitrogen and oxygen atoms in total. The molecule has 1 amide bonds. The van der Waals surface area contributed by atoms with Gasteiger partial charge in [0.15, 0.2) is 5.96 Å². The highest BCUT2D eigenvalue weighted by Crippen LogP contribution is 2.08. The molecule has 25 heavy (non-hydrogen) atoms. The molecule has 7 heteroatoms. The monoisotopic (exact) mass is 462 g/mol. The zero-order valence-corrected chi connectivity index (χ0v) is 18.4. The third-order valence-corrected chi connectivity index (χ3v) is 3.11.